The molecule has 0 aromatic heterocycles. The largest absolute Gasteiger partial charge is 0.465 e. The summed E-state index contributed by atoms with van der Waals surface area (Å²) in [5.74, 6) is -2.55. The molecule has 1 heterocycles. The molecular formula is C22H19F7N2O3. The fourth-order valence-electron chi connectivity index (χ4n) is 3.81. The number of benzene rings is 2. The SMILES string of the molecule is Cc1ccc(C2CN(C(=O)O)CCC2NC(=O)c2cc(C(F)(F)F)cc(C(F)(F)F)c2)cc1F. The highest BCUT2D eigenvalue weighted by atomic mass is 19.4. The van der Waals surface area contributed by atoms with E-state index in [1.54, 1.807) is 0 Å². The van der Waals surface area contributed by atoms with E-state index in [4.69, 9.17) is 0 Å². The number of nitrogens with one attached hydrogen (secondary N) is 1. The van der Waals surface area contributed by atoms with Crippen molar-refractivity contribution in [2.45, 2.75) is 37.7 Å². The Morgan fingerprint density at radius 1 is 1.00 bits per heavy atom. The van der Waals surface area contributed by atoms with Crippen LogP contribution in [0.3, 0.4) is 0 Å². The van der Waals surface area contributed by atoms with E-state index in [2.05, 4.69) is 5.32 Å². The number of carbonyl (C=O) groups excluding carboxylic acids is 1. The number of alkyl halides is 6. The summed E-state index contributed by atoms with van der Waals surface area (Å²) in [4.78, 5) is 25.2. The van der Waals surface area contributed by atoms with Gasteiger partial charge in [0.15, 0.2) is 0 Å². The van der Waals surface area contributed by atoms with E-state index in [9.17, 15) is 45.4 Å². The summed E-state index contributed by atoms with van der Waals surface area (Å²) >= 11 is 0. The van der Waals surface area contributed by atoms with Gasteiger partial charge in [0.1, 0.15) is 5.82 Å². The van der Waals surface area contributed by atoms with Gasteiger partial charge in [-0.05, 0) is 48.7 Å². The van der Waals surface area contributed by atoms with Gasteiger partial charge in [0.2, 0.25) is 0 Å². The van der Waals surface area contributed by atoms with Crippen molar-refractivity contribution in [1.82, 2.24) is 10.2 Å². The van der Waals surface area contributed by atoms with Crippen LogP contribution in [0.25, 0.3) is 0 Å². The van der Waals surface area contributed by atoms with Crippen molar-refractivity contribution < 1.29 is 45.4 Å². The molecule has 1 aliphatic rings. The zero-order chi connectivity index (χ0) is 25.4. The second-order valence-corrected chi connectivity index (χ2v) is 8.01. The fourth-order valence-corrected chi connectivity index (χ4v) is 3.81. The summed E-state index contributed by atoms with van der Waals surface area (Å²) in [5, 5.41) is 11.7. The number of hydrogen-bond donors (Lipinski definition) is 2. The normalized spacial score (nSPS) is 19.1. The third-order valence-corrected chi connectivity index (χ3v) is 5.67. The zero-order valence-corrected chi connectivity index (χ0v) is 17.6. The van der Waals surface area contributed by atoms with Crippen molar-refractivity contribution in [2.75, 3.05) is 13.1 Å². The topological polar surface area (TPSA) is 69.6 Å². The minimum absolute atomic E-state index is 0.0172. The predicted octanol–water partition coefficient (Wildman–Crippen LogP) is 5.44. The summed E-state index contributed by atoms with van der Waals surface area (Å²) in [6.07, 6.45) is -11.5. The first-order valence-corrected chi connectivity index (χ1v) is 10.0. The van der Waals surface area contributed by atoms with Gasteiger partial charge < -0.3 is 15.3 Å². The monoisotopic (exact) mass is 492 g/mol. The second-order valence-electron chi connectivity index (χ2n) is 8.01. The maximum atomic E-state index is 14.1. The van der Waals surface area contributed by atoms with Crippen molar-refractivity contribution in [2.24, 2.45) is 0 Å². The third-order valence-electron chi connectivity index (χ3n) is 5.67. The first-order chi connectivity index (χ1) is 15.7. The Hall–Kier alpha value is -3.31. The van der Waals surface area contributed by atoms with Gasteiger partial charge in [-0.25, -0.2) is 9.18 Å². The lowest BCUT2D eigenvalue weighted by molar-refractivity contribution is -0.143. The molecule has 34 heavy (non-hydrogen) atoms. The van der Waals surface area contributed by atoms with E-state index < -0.39 is 58.8 Å². The van der Waals surface area contributed by atoms with Crippen LogP contribution in [-0.2, 0) is 12.4 Å². The Kier molecular flexibility index (Phi) is 6.81. The molecule has 0 aliphatic carbocycles. The number of likely N-dealkylation sites (tertiary alicyclic amines) is 1. The van der Waals surface area contributed by atoms with Crippen LogP contribution in [0, 0.1) is 12.7 Å². The van der Waals surface area contributed by atoms with E-state index >= 15 is 0 Å². The van der Waals surface area contributed by atoms with Gasteiger partial charge in [-0.15, -0.1) is 0 Å². The molecule has 0 saturated carbocycles. The molecule has 5 nitrogen and oxygen atoms in total. The molecule has 2 atom stereocenters. The molecule has 2 aromatic carbocycles. The lowest BCUT2D eigenvalue weighted by Crippen LogP contribution is -2.51. The summed E-state index contributed by atoms with van der Waals surface area (Å²) in [7, 11) is 0. The Morgan fingerprint density at radius 3 is 2.09 bits per heavy atom. The van der Waals surface area contributed by atoms with Crippen LogP contribution in [0.15, 0.2) is 36.4 Å². The van der Waals surface area contributed by atoms with E-state index in [1.807, 2.05) is 0 Å². The van der Waals surface area contributed by atoms with E-state index in [0.717, 1.165) is 11.0 Å². The number of halogens is 7. The number of nitrogens with zero attached hydrogens (tertiary/aromatic N) is 1. The predicted molar refractivity (Wildman–Crippen MR) is 106 cm³/mol. The average Bonchev–Trinajstić information content (AvgIpc) is 2.74. The van der Waals surface area contributed by atoms with Crippen LogP contribution in [0.1, 0.15) is 45.0 Å². The number of piperidine rings is 1. The molecule has 0 bridgehead atoms. The van der Waals surface area contributed by atoms with E-state index in [-0.39, 0.29) is 25.6 Å². The van der Waals surface area contributed by atoms with Crippen LogP contribution < -0.4 is 5.32 Å². The van der Waals surface area contributed by atoms with Gasteiger partial charge in [-0.3, -0.25) is 4.79 Å². The van der Waals surface area contributed by atoms with Gasteiger partial charge in [-0.2, -0.15) is 26.3 Å². The highest BCUT2D eigenvalue weighted by Gasteiger charge is 2.38. The number of hydrogen-bond acceptors (Lipinski definition) is 2. The molecular weight excluding hydrogens is 473 g/mol. The van der Waals surface area contributed by atoms with Crippen molar-refractivity contribution in [3.8, 4) is 0 Å². The highest BCUT2D eigenvalue weighted by molar-refractivity contribution is 5.95. The highest BCUT2D eigenvalue weighted by Crippen LogP contribution is 2.36. The molecule has 1 aliphatic heterocycles. The quantitative estimate of drug-likeness (QED) is 0.561. The molecule has 12 heteroatoms. The molecule has 2 unspecified atom stereocenters. The van der Waals surface area contributed by atoms with Crippen molar-refractivity contribution in [3.05, 3.63) is 70.0 Å². The summed E-state index contributed by atoms with van der Waals surface area (Å²) in [5.41, 5.74) is -3.47. The number of rotatable bonds is 3. The Bertz CT molecular complexity index is 1070. The molecule has 3 rings (SSSR count). The minimum Gasteiger partial charge on any atom is -0.465 e. The van der Waals surface area contributed by atoms with Crippen LogP contribution in [-0.4, -0.2) is 41.1 Å². The van der Waals surface area contributed by atoms with Crippen molar-refractivity contribution in [3.63, 3.8) is 0 Å². The molecule has 2 N–H and O–H groups in total. The van der Waals surface area contributed by atoms with Crippen LogP contribution >= 0.6 is 0 Å². The molecule has 184 valence electrons. The fraction of sp³-hybridized carbons (Fsp3) is 0.364. The number of amides is 2. The summed E-state index contributed by atoms with van der Waals surface area (Å²) in [6.45, 7) is 1.31. The standard InChI is InChI=1S/C22H19F7N2O3/c1-11-2-3-12(8-17(11)23)16-10-31(20(33)34)5-4-18(16)30-19(32)13-6-14(21(24,25)26)9-15(7-13)22(27,28)29/h2-3,6-9,16,18H,4-5,10H2,1H3,(H,30,32)(H,33,34). The first-order valence-electron chi connectivity index (χ1n) is 10.0. The molecule has 2 amide bonds. The molecule has 0 radical (unpaired) electrons. The van der Waals surface area contributed by atoms with Crippen molar-refractivity contribution >= 4 is 12.0 Å². The lowest BCUT2D eigenvalue weighted by atomic mass is 9.85. The first kappa shape index (κ1) is 25.3. The smallest absolute Gasteiger partial charge is 0.416 e. The van der Waals surface area contributed by atoms with Crippen LogP contribution in [0.2, 0.25) is 0 Å². The van der Waals surface area contributed by atoms with Gasteiger partial charge in [0.25, 0.3) is 5.91 Å². The Balaban J connectivity index is 1.95. The third kappa shape index (κ3) is 5.60. The molecule has 0 spiro atoms. The van der Waals surface area contributed by atoms with Gasteiger partial charge in [0, 0.05) is 30.6 Å². The van der Waals surface area contributed by atoms with Crippen LogP contribution in [0.5, 0.6) is 0 Å². The van der Waals surface area contributed by atoms with Crippen molar-refractivity contribution in [1.29, 1.82) is 0 Å². The zero-order valence-electron chi connectivity index (χ0n) is 17.6. The lowest BCUT2D eigenvalue weighted by Gasteiger charge is -2.38. The summed E-state index contributed by atoms with van der Waals surface area (Å²) in [6, 6.07) is 3.82. The van der Waals surface area contributed by atoms with Gasteiger partial charge in [-0.1, -0.05) is 12.1 Å². The Labute approximate surface area is 189 Å². The Morgan fingerprint density at radius 2 is 1.59 bits per heavy atom. The minimum atomic E-state index is -5.12. The van der Waals surface area contributed by atoms with Gasteiger partial charge >= 0.3 is 18.4 Å². The number of carbonyl (C=O) groups is 2. The maximum absolute atomic E-state index is 14.1. The second kappa shape index (κ2) is 9.15. The molecule has 2 aromatic rings. The maximum Gasteiger partial charge on any atom is 0.416 e. The molecule has 1 fully saturated rings. The molecule has 1 saturated heterocycles. The van der Waals surface area contributed by atoms with Crippen LogP contribution in [0.4, 0.5) is 35.5 Å². The number of carboxylic acid groups (broad SMARTS) is 1. The van der Waals surface area contributed by atoms with Gasteiger partial charge in [0.05, 0.1) is 11.1 Å². The van der Waals surface area contributed by atoms with E-state index in [0.29, 0.717) is 23.3 Å². The number of aryl methyl sites for hydroxylation is 1. The average molecular weight is 492 g/mol. The summed E-state index contributed by atoms with van der Waals surface area (Å²) < 4.78 is 92.9. The van der Waals surface area contributed by atoms with E-state index in [1.165, 1.54) is 19.1 Å².